The molecule has 1 saturated heterocycles. The molecule has 0 radical (unpaired) electrons. The Morgan fingerprint density at radius 2 is 1.71 bits per heavy atom. The molecular weight excluding hydrogens is 362 g/mol. The number of benzene rings is 1. The molecule has 7 nitrogen and oxygen atoms in total. The number of nitrogens with zero attached hydrogens (tertiary/aromatic N) is 1. The van der Waals surface area contributed by atoms with Gasteiger partial charge >= 0.3 is 11.9 Å². The van der Waals surface area contributed by atoms with E-state index in [9.17, 15) is 14.4 Å². The van der Waals surface area contributed by atoms with Crippen LogP contribution in [0.5, 0.6) is 5.75 Å². The van der Waals surface area contributed by atoms with E-state index in [0.29, 0.717) is 56.4 Å². The van der Waals surface area contributed by atoms with Crippen LogP contribution in [0, 0.1) is 11.8 Å². The first-order valence-corrected chi connectivity index (χ1v) is 9.75. The second-order valence-electron chi connectivity index (χ2n) is 7.21. The summed E-state index contributed by atoms with van der Waals surface area (Å²) in [6.45, 7) is 7.46. The maximum Gasteiger partial charge on any atom is 0.338 e. The van der Waals surface area contributed by atoms with Gasteiger partial charge in [0.25, 0.3) is 5.91 Å². The van der Waals surface area contributed by atoms with Crippen molar-refractivity contribution in [1.82, 2.24) is 4.90 Å². The second-order valence-corrected chi connectivity index (χ2v) is 7.21. The SMILES string of the molecule is CCOC(=O)C1CCN(C(=O)COC(=O)c2ccc(OCC(C)C)cc2)CC1. The van der Waals surface area contributed by atoms with Crippen molar-refractivity contribution in [2.45, 2.75) is 33.6 Å². The van der Waals surface area contributed by atoms with Gasteiger partial charge < -0.3 is 19.1 Å². The molecule has 0 saturated carbocycles. The first-order valence-electron chi connectivity index (χ1n) is 9.75. The number of carbonyl (C=O) groups excluding carboxylic acids is 3. The molecule has 0 N–H and O–H groups in total. The number of esters is 2. The highest BCUT2D eigenvalue weighted by atomic mass is 16.5. The van der Waals surface area contributed by atoms with Gasteiger partial charge in [-0.3, -0.25) is 9.59 Å². The van der Waals surface area contributed by atoms with Gasteiger partial charge in [0, 0.05) is 13.1 Å². The molecule has 2 rings (SSSR count). The quantitative estimate of drug-likeness (QED) is 0.634. The zero-order valence-corrected chi connectivity index (χ0v) is 16.8. The molecule has 1 heterocycles. The fourth-order valence-electron chi connectivity index (χ4n) is 2.88. The minimum Gasteiger partial charge on any atom is -0.493 e. The van der Waals surface area contributed by atoms with E-state index in [1.807, 2.05) is 0 Å². The highest BCUT2D eigenvalue weighted by Crippen LogP contribution is 2.19. The maximum absolute atomic E-state index is 12.3. The summed E-state index contributed by atoms with van der Waals surface area (Å²) in [6.07, 6.45) is 1.13. The van der Waals surface area contributed by atoms with Gasteiger partial charge in [-0.05, 0) is 49.9 Å². The number of rotatable bonds is 8. The summed E-state index contributed by atoms with van der Waals surface area (Å²) >= 11 is 0. The molecular formula is C21H29NO6. The second kappa shape index (κ2) is 10.7. The van der Waals surface area contributed by atoms with E-state index in [0.717, 1.165) is 0 Å². The summed E-state index contributed by atoms with van der Waals surface area (Å²) in [4.78, 5) is 37.7. The molecule has 28 heavy (non-hydrogen) atoms. The van der Waals surface area contributed by atoms with Crippen LogP contribution in [0.25, 0.3) is 0 Å². The molecule has 0 spiro atoms. The predicted molar refractivity (Wildman–Crippen MR) is 103 cm³/mol. The lowest BCUT2D eigenvalue weighted by atomic mass is 9.97. The minimum absolute atomic E-state index is 0.164. The molecule has 1 fully saturated rings. The van der Waals surface area contributed by atoms with Crippen molar-refractivity contribution in [3.63, 3.8) is 0 Å². The third kappa shape index (κ3) is 6.55. The van der Waals surface area contributed by atoms with E-state index in [1.54, 1.807) is 36.1 Å². The minimum atomic E-state index is -0.551. The van der Waals surface area contributed by atoms with Gasteiger partial charge in [0.1, 0.15) is 5.75 Å². The first kappa shape index (κ1) is 21.7. The average Bonchev–Trinajstić information content (AvgIpc) is 2.71. The molecule has 0 aliphatic carbocycles. The lowest BCUT2D eigenvalue weighted by Gasteiger charge is -2.30. The molecule has 1 aromatic carbocycles. The smallest absolute Gasteiger partial charge is 0.338 e. The zero-order chi connectivity index (χ0) is 20.5. The Kier molecular flexibility index (Phi) is 8.29. The number of carbonyl (C=O) groups is 3. The van der Waals surface area contributed by atoms with Crippen molar-refractivity contribution in [3.8, 4) is 5.75 Å². The Bertz CT molecular complexity index is 662. The number of amides is 1. The summed E-state index contributed by atoms with van der Waals surface area (Å²) in [5.74, 6) is -0.0775. The molecule has 0 unspecified atom stereocenters. The summed E-state index contributed by atoms with van der Waals surface area (Å²) in [5, 5.41) is 0. The van der Waals surface area contributed by atoms with Crippen molar-refractivity contribution < 1.29 is 28.6 Å². The van der Waals surface area contributed by atoms with Gasteiger partial charge in [0.2, 0.25) is 0 Å². The van der Waals surface area contributed by atoms with Crippen LogP contribution >= 0.6 is 0 Å². The van der Waals surface area contributed by atoms with Crippen LogP contribution in [0.1, 0.15) is 44.0 Å². The molecule has 7 heteroatoms. The number of ether oxygens (including phenoxy) is 3. The Balaban J connectivity index is 1.75. The summed E-state index contributed by atoms with van der Waals surface area (Å²) in [5.41, 5.74) is 0.366. The fraction of sp³-hybridized carbons (Fsp3) is 0.571. The van der Waals surface area contributed by atoms with E-state index in [-0.39, 0.29) is 24.4 Å². The van der Waals surface area contributed by atoms with Crippen molar-refractivity contribution in [3.05, 3.63) is 29.8 Å². The van der Waals surface area contributed by atoms with Gasteiger partial charge in [0.05, 0.1) is 24.7 Å². The van der Waals surface area contributed by atoms with E-state index in [2.05, 4.69) is 13.8 Å². The number of likely N-dealkylation sites (tertiary alicyclic amines) is 1. The highest BCUT2D eigenvalue weighted by molar-refractivity contribution is 5.91. The molecule has 154 valence electrons. The molecule has 1 aliphatic rings. The van der Waals surface area contributed by atoms with Crippen LogP contribution in [0.4, 0.5) is 0 Å². The summed E-state index contributed by atoms with van der Waals surface area (Å²) in [7, 11) is 0. The van der Waals surface area contributed by atoms with Crippen LogP contribution in [0.2, 0.25) is 0 Å². The molecule has 0 atom stereocenters. The molecule has 1 aromatic rings. The third-order valence-electron chi connectivity index (χ3n) is 4.47. The van der Waals surface area contributed by atoms with Crippen molar-refractivity contribution >= 4 is 17.8 Å². The Hall–Kier alpha value is -2.57. The Morgan fingerprint density at radius 1 is 1.07 bits per heavy atom. The van der Waals surface area contributed by atoms with Crippen molar-refractivity contribution in [2.75, 3.05) is 32.9 Å². The molecule has 1 aliphatic heterocycles. The van der Waals surface area contributed by atoms with E-state index in [1.165, 1.54) is 0 Å². The van der Waals surface area contributed by atoms with E-state index < -0.39 is 5.97 Å². The predicted octanol–water partition coefficient (Wildman–Crippen LogP) is 2.68. The zero-order valence-electron chi connectivity index (χ0n) is 16.8. The first-order chi connectivity index (χ1) is 13.4. The molecule has 0 aromatic heterocycles. The van der Waals surface area contributed by atoms with Gasteiger partial charge in [-0.25, -0.2) is 4.79 Å². The normalized spacial score (nSPS) is 14.6. The third-order valence-corrected chi connectivity index (χ3v) is 4.47. The van der Waals surface area contributed by atoms with E-state index in [4.69, 9.17) is 14.2 Å². The Morgan fingerprint density at radius 3 is 2.29 bits per heavy atom. The Labute approximate surface area is 165 Å². The van der Waals surface area contributed by atoms with Gasteiger partial charge in [-0.15, -0.1) is 0 Å². The topological polar surface area (TPSA) is 82.1 Å². The standard InChI is InChI=1S/C21H29NO6/c1-4-26-20(24)17-9-11-22(12-10-17)19(23)14-28-21(25)16-5-7-18(8-6-16)27-13-15(2)3/h5-8,15,17H,4,9-14H2,1-3H3. The summed E-state index contributed by atoms with van der Waals surface area (Å²) in [6, 6.07) is 6.66. The van der Waals surface area contributed by atoms with Gasteiger partial charge in [-0.2, -0.15) is 0 Å². The van der Waals surface area contributed by atoms with Crippen molar-refractivity contribution in [1.29, 1.82) is 0 Å². The molecule has 1 amide bonds. The monoisotopic (exact) mass is 391 g/mol. The van der Waals surface area contributed by atoms with Crippen LogP contribution < -0.4 is 4.74 Å². The van der Waals surface area contributed by atoms with Crippen LogP contribution in [0.15, 0.2) is 24.3 Å². The fourth-order valence-corrected chi connectivity index (χ4v) is 2.88. The van der Waals surface area contributed by atoms with Crippen LogP contribution in [0.3, 0.4) is 0 Å². The number of hydrogen-bond acceptors (Lipinski definition) is 6. The van der Waals surface area contributed by atoms with Crippen LogP contribution in [-0.2, 0) is 19.1 Å². The highest BCUT2D eigenvalue weighted by Gasteiger charge is 2.28. The number of piperidine rings is 1. The average molecular weight is 391 g/mol. The van der Waals surface area contributed by atoms with Crippen LogP contribution in [-0.4, -0.2) is 55.7 Å². The molecule has 0 bridgehead atoms. The number of hydrogen-bond donors (Lipinski definition) is 0. The van der Waals surface area contributed by atoms with E-state index >= 15 is 0 Å². The van der Waals surface area contributed by atoms with Gasteiger partial charge in [0.15, 0.2) is 6.61 Å². The van der Waals surface area contributed by atoms with Gasteiger partial charge in [-0.1, -0.05) is 13.8 Å². The lowest BCUT2D eigenvalue weighted by molar-refractivity contribution is -0.151. The lowest BCUT2D eigenvalue weighted by Crippen LogP contribution is -2.42. The van der Waals surface area contributed by atoms with Crippen molar-refractivity contribution in [2.24, 2.45) is 11.8 Å². The largest absolute Gasteiger partial charge is 0.493 e. The maximum atomic E-state index is 12.3. The summed E-state index contributed by atoms with van der Waals surface area (Å²) < 4.78 is 15.7.